The zero-order valence-electron chi connectivity index (χ0n) is 10.9. The second-order valence-corrected chi connectivity index (χ2v) is 6.76. The molecule has 1 aromatic rings. The number of nitrogens with one attached hydrogen (secondary N) is 1. The third-order valence-electron chi connectivity index (χ3n) is 3.44. The second-order valence-electron chi connectivity index (χ2n) is 5.08. The van der Waals surface area contributed by atoms with E-state index < -0.39 is 31.3 Å². The van der Waals surface area contributed by atoms with E-state index in [0.29, 0.717) is 18.8 Å². The van der Waals surface area contributed by atoms with Crippen LogP contribution in [0.4, 0.5) is 10.1 Å². The molecule has 0 radical (unpaired) electrons. The van der Waals surface area contributed by atoms with Gasteiger partial charge in [0.05, 0.1) is 4.92 Å². The molecule has 0 aliphatic heterocycles. The Morgan fingerprint density at radius 2 is 2.10 bits per heavy atom. The van der Waals surface area contributed by atoms with Crippen molar-refractivity contribution in [2.45, 2.75) is 37.1 Å². The van der Waals surface area contributed by atoms with Gasteiger partial charge in [-0.25, -0.2) is 13.1 Å². The third kappa shape index (κ3) is 2.96. The van der Waals surface area contributed by atoms with E-state index in [9.17, 15) is 22.9 Å². The van der Waals surface area contributed by atoms with Crippen LogP contribution in [0.3, 0.4) is 0 Å². The predicted octanol–water partition coefficient (Wildman–Crippen LogP) is 2.20. The van der Waals surface area contributed by atoms with Gasteiger partial charge >= 0.3 is 5.69 Å². The predicted molar refractivity (Wildman–Crippen MR) is 70.2 cm³/mol. The third-order valence-corrected chi connectivity index (χ3v) is 4.99. The number of para-hydroxylation sites is 1. The Morgan fingerprint density at radius 3 is 2.65 bits per heavy atom. The zero-order chi connectivity index (χ0) is 14.9. The van der Waals surface area contributed by atoms with Crippen molar-refractivity contribution in [1.29, 1.82) is 0 Å². The second kappa shape index (κ2) is 5.45. The fraction of sp³-hybridized carbons (Fsp3) is 0.500. The number of nitro benzene ring substituents is 1. The molecule has 0 aromatic heterocycles. The number of nitrogens with zero attached hydrogens (tertiary/aromatic N) is 1. The van der Waals surface area contributed by atoms with Crippen molar-refractivity contribution >= 4 is 15.7 Å². The first kappa shape index (κ1) is 14.9. The average molecular weight is 302 g/mol. The van der Waals surface area contributed by atoms with Crippen LogP contribution >= 0.6 is 0 Å². The number of hydrogen-bond acceptors (Lipinski definition) is 4. The number of benzene rings is 1. The van der Waals surface area contributed by atoms with Crippen LogP contribution in [0.15, 0.2) is 23.1 Å². The van der Waals surface area contributed by atoms with Crippen molar-refractivity contribution < 1.29 is 17.7 Å². The maximum Gasteiger partial charge on any atom is 0.324 e. The standard InChI is InChI=1S/C12H15FN2O4S/c1-8-5-6-9(7-8)14-20(18,19)11-4-2-3-10(13)12(11)15(16)17/h2-4,8-9,14H,5-7H2,1H3. The van der Waals surface area contributed by atoms with Gasteiger partial charge in [0.15, 0.2) is 4.90 Å². The highest BCUT2D eigenvalue weighted by Crippen LogP contribution is 2.29. The van der Waals surface area contributed by atoms with Crippen molar-refractivity contribution in [2.24, 2.45) is 5.92 Å². The van der Waals surface area contributed by atoms with E-state index in [1.54, 1.807) is 0 Å². The van der Waals surface area contributed by atoms with Crippen LogP contribution in [0.25, 0.3) is 0 Å². The topological polar surface area (TPSA) is 89.3 Å². The Hall–Kier alpha value is -1.54. The summed E-state index contributed by atoms with van der Waals surface area (Å²) in [5, 5.41) is 10.9. The molecule has 20 heavy (non-hydrogen) atoms. The van der Waals surface area contributed by atoms with E-state index in [2.05, 4.69) is 4.72 Å². The Labute approximate surface area is 116 Å². The first-order valence-electron chi connectivity index (χ1n) is 6.26. The normalized spacial score (nSPS) is 22.9. The van der Waals surface area contributed by atoms with Crippen LogP contribution in [-0.2, 0) is 10.0 Å². The summed E-state index contributed by atoms with van der Waals surface area (Å²) >= 11 is 0. The molecule has 1 aliphatic carbocycles. The van der Waals surface area contributed by atoms with Gasteiger partial charge < -0.3 is 0 Å². The molecule has 2 rings (SSSR count). The summed E-state index contributed by atoms with van der Waals surface area (Å²) in [7, 11) is -4.10. The van der Waals surface area contributed by atoms with Crippen molar-refractivity contribution in [1.82, 2.24) is 4.72 Å². The van der Waals surface area contributed by atoms with E-state index in [4.69, 9.17) is 0 Å². The fourth-order valence-electron chi connectivity index (χ4n) is 2.49. The average Bonchev–Trinajstić information content (AvgIpc) is 2.73. The molecule has 2 unspecified atom stereocenters. The minimum atomic E-state index is -4.10. The van der Waals surface area contributed by atoms with E-state index in [1.807, 2.05) is 6.92 Å². The first-order chi connectivity index (χ1) is 9.31. The van der Waals surface area contributed by atoms with Gasteiger partial charge in [-0.3, -0.25) is 10.1 Å². The van der Waals surface area contributed by atoms with E-state index >= 15 is 0 Å². The summed E-state index contributed by atoms with van der Waals surface area (Å²) in [4.78, 5) is 9.22. The first-order valence-corrected chi connectivity index (χ1v) is 7.75. The molecule has 0 bridgehead atoms. The molecule has 8 heteroatoms. The Morgan fingerprint density at radius 1 is 1.40 bits per heavy atom. The Kier molecular flexibility index (Phi) is 4.05. The summed E-state index contributed by atoms with van der Waals surface area (Å²) in [6.07, 6.45) is 2.27. The molecule has 1 aromatic carbocycles. The summed E-state index contributed by atoms with van der Waals surface area (Å²) < 4.78 is 40.3. The highest BCUT2D eigenvalue weighted by molar-refractivity contribution is 7.89. The minimum Gasteiger partial charge on any atom is -0.258 e. The van der Waals surface area contributed by atoms with Gasteiger partial charge in [-0.05, 0) is 37.3 Å². The molecule has 0 spiro atoms. The van der Waals surface area contributed by atoms with Crippen LogP contribution in [0.2, 0.25) is 0 Å². The van der Waals surface area contributed by atoms with Gasteiger partial charge in [0.25, 0.3) is 0 Å². The van der Waals surface area contributed by atoms with Crippen molar-refractivity contribution in [2.75, 3.05) is 0 Å². The van der Waals surface area contributed by atoms with Crippen molar-refractivity contribution in [3.8, 4) is 0 Å². The van der Waals surface area contributed by atoms with Gasteiger partial charge in [0, 0.05) is 6.04 Å². The lowest BCUT2D eigenvalue weighted by Crippen LogP contribution is -2.33. The van der Waals surface area contributed by atoms with Crippen molar-refractivity contribution in [3.05, 3.63) is 34.1 Å². The monoisotopic (exact) mass is 302 g/mol. The minimum absolute atomic E-state index is 0.252. The largest absolute Gasteiger partial charge is 0.324 e. The van der Waals surface area contributed by atoms with E-state index in [-0.39, 0.29) is 6.04 Å². The molecule has 1 aliphatic rings. The number of rotatable bonds is 4. The molecule has 110 valence electrons. The molecule has 0 heterocycles. The van der Waals surface area contributed by atoms with Crippen LogP contribution in [-0.4, -0.2) is 19.4 Å². The van der Waals surface area contributed by atoms with Crippen LogP contribution < -0.4 is 4.72 Å². The molecule has 1 fully saturated rings. The van der Waals surface area contributed by atoms with Gasteiger partial charge in [-0.15, -0.1) is 0 Å². The quantitative estimate of drug-likeness (QED) is 0.682. The lowest BCUT2D eigenvalue weighted by Gasteiger charge is -2.13. The molecular weight excluding hydrogens is 287 g/mol. The zero-order valence-corrected chi connectivity index (χ0v) is 11.7. The molecule has 0 amide bonds. The van der Waals surface area contributed by atoms with E-state index in [1.165, 1.54) is 0 Å². The number of sulfonamides is 1. The SMILES string of the molecule is CC1CCC(NS(=O)(=O)c2cccc(F)c2[N+](=O)[O-])C1. The lowest BCUT2D eigenvalue weighted by molar-refractivity contribution is -0.390. The number of halogens is 1. The molecule has 6 nitrogen and oxygen atoms in total. The molecule has 1 N–H and O–H groups in total. The number of nitro groups is 1. The van der Waals surface area contributed by atoms with Gasteiger partial charge in [0.2, 0.25) is 15.8 Å². The summed E-state index contributed by atoms with van der Waals surface area (Å²) in [5.41, 5.74) is -1.01. The molecule has 1 saturated carbocycles. The summed E-state index contributed by atoms with van der Waals surface area (Å²) in [6.45, 7) is 2.01. The maximum absolute atomic E-state index is 13.5. The van der Waals surface area contributed by atoms with Gasteiger partial charge in [-0.1, -0.05) is 13.0 Å². The molecular formula is C12H15FN2O4S. The summed E-state index contributed by atoms with van der Waals surface area (Å²) in [6, 6.07) is 2.81. The van der Waals surface area contributed by atoms with Crippen molar-refractivity contribution in [3.63, 3.8) is 0 Å². The molecule has 2 atom stereocenters. The van der Waals surface area contributed by atoms with Crippen LogP contribution in [0.5, 0.6) is 0 Å². The summed E-state index contributed by atoms with van der Waals surface area (Å²) in [5.74, 6) is -0.747. The highest BCUT2D eigenvalue weighted by atomic mass is 32.2. The number of hydrogen-bond donors (Lipinski definition) is 1. The highest BCUT2D eigenvalue weighted by Gasteiger charge is 2.32. The lowest BCUT2D eigenvalue weighted by atomic mass is 10.1. The Bertz CT molecular complexity index is 632. The fourth-order valence-corrected chi connectivity index (χ4v) is 3.95. The van der Waals surface area contributed by atoms with Gasteiger partial charge in [0.1, 0.15) is 0 Å². The van der Waals surface area contributed by atoms with Crippen LogP contribution in [0, 0.1) is 21.8 Å². The maximum atomic E-state index is 13.5. The Balaban J connectivity index is 2.35. The van der Waals surface area contributed by atoms with Crippen LogP contribution in [0.1, 0.15) is 26.2 Å². The van der Waals surface area contributed by atoms with Gasteiger partial charge in [-0.2, -0.15) is 4.39 Å². The smallest absolute Gasteiger partial charge is 0.258 e. The molecule has 0 saturated heterocycles. The van der Waals surface area contributed by atoms with E-state index in [0.717, 1.165) is 24.6 Å².